The Morgan fingerprint density at radius 1 is 0.875 bits per heavy atom. The van der Waals surface area contributed by atoms with E-state index in [-0.39, 0.29) is 12.6 Å². The molecule has 0 unspecified atom stereocenters. The lowest BCUT2D eigenvalue weighted by atomic mass is 10.0. The number of benzene rings is 3. The first-order valence-electron chi connectivity index (χ1n) is 13.8. The van der Waals surface area contributed by atoms with Crippen molar-refractivity contribution in [2.24, 2.45) is 5.73 Å². The van der Waals surface area contributed by atoms with Gasteiger partial charge in [0, 0.05) is 46.3 Å². The van der Waals surface area contributed by atoms with Crippen LogP contribution in [0.15, 0.2) is 85.2 Å². The van der Waals surface area contributed by atoms with Gasteiger partial charge in [0.05, 0.1) is 12.6 Å². The van der Waals surface area contributed by atoms with Gasteiger partial charge in [-0.25, -0.2) is 0 Å². The molecule has 6 aromatic rings. The zero-order valence-corrected chi connectivity index (χ0v) is 22.5. The number of aryl methyl sites for hydroxylation is 3. The largest absolute Gasteiger partial charge is 0.369 e. The van der Waals surface area contributed by atoms with Gasteiger partial charge in [-0.05, 0) is 60.2 Å². The Bertz CT molecular complexity index is 1760. The average Bonchev–Trinajstić information content (AvgIpc) is 3.71. The number of hydrogen-bond donors (Lipinski definition) is 4. The summed E-state index contributed by atoms with van der Waals surface area (Å²) in [6.45, 7) is 2.19. The van der Waals surface area contributed by atoms with E-state index >= 15 is 0 Å². The molecule has 202 valence electrons. The average molecular weight is 532 g/mol. The van der Waals surface area contributed by atoms with E-state index in [1.54, 1.807) is 0 Å². The predicted octanol–water partition coefficient (Wildman–Crippen LogP) is 4.94. The fraction of sp³-hybridized carbons (Fsp3) is 0.219. The van der Waals surface area contributed by atoms with Gasteiger partial charge in [0.2, 0.25) is 5.91 Å². The number of aromatic amines is 2. The summed E-state index contributed by atoms with van der Waals surface area (Å²) in [5.41, 5.74) is 12.4. The van der Waals surface area contributed by atoms with E-state index in [1.807, 2.05) is 24.4 Å². The highest BCUT2D eigenvalue weighted by Gasteiger charge is 2.24. The normalized spacial score (nSPS) is 12.3. The van der Waals surface area contributed by atoms with E-state index in [0.717, 1.165) is 52.2 Å². The van der Waals surface area contributed by atoms with Crippen LogP contribution in [-0.4, -0.2) is 37.2 Å². The van der Waals surface area contributed by atoms with E-state index in [4.69, 9.17) is 15.9 Å². The molecule has 8 nitrogen and oxygen atoms in total. The molecule has 0 fully saturated rings. The molecule has 0 aliphatic carbocycles. The maximum Gasteiger partial charge on any atom is 0.231 e. The topological polar surface area (TPSA) is 117 Å². The number of amides is 1. The number of nitrogens with zero attached hydrogens (tertiary/aromatic N) is 3. The zero-order valence-electron chi connectivity index (χ0n) is 22.5. The zero-order chi connectivity index (χ0) is 27.5. The van der Waals surface area contributed by atoms with E-state index in [1.165, 1.54) is 16.5 Å². The van der Waals surface area contributed by atoms with Crippen molar-refractivity contribution in [2.75, 3.05) is 6.54 Å². The maximum absolute atomic E-state index is 11.8. The second-order valence-corrected chi connectivity index (χ2v) is 10.2. The monoisotopic (exact) mass is 531 g/mol. The molecule has 0 spiro atoms. The molecule has 3 aromatic heterocycles. The molecule has 40 heavy (non-hydrogen) atoms. The first-order chi connectivity index (χ1) is 19.6. The maximum atomic E-state index is 11.8. The van der Waals surface area contributed by atoms with E-state index in [2.05, 4.69) is 87.6 Å². The quantitative estimate of drug-likeness (QED) is 0.189. The fourth-order valence-electron chi connectivity index (χ4n) is 5.46. The Kier molecular flexibility index (Phi) is 7.16. The molecule has 8 heteroatoms. The highest BCUT2D eigenvalue weighted by atomic mass is 16.1. The van der Waals surface area contributed by atoms with Crippen molar-refractivity contribution in [3.63, 3.8) is 0 Å². The molecule has 0 radical (unpaired) electrons. The number of fused-ring (bicyclic) bond motifs is 2. The first kappa shape index (κ1) is 25.6. The number of hydrogen-bond acceptors (Lipinski definition) is 4. The van der Waals surface area contributed by atoms with Crippen LogP contribution in [0.25, 0.3) is 27.5 Å². The Hall–Kier alpha value is -4.69. The van der Waals surface area contributed by atoms with E-state index in [9.17, 15) is 4.79 Å². The third-order valence-corrected chi connectivity index (χ3v) is 7.58. The second-order valence-electron chi connectivity index (χ2n) is 10.2. The van der Waals surface area contributed by atoms with Gasteiger partial charge in [0.1, 0.15) is 5.82 Å². The molecule has 0 aliphatic heterocycles. The molecule has 5 N–H and O–H groups in total. The molecule has 6 rings (SSSR count). The van der Waals surface area contributed by atoms with Crippen LogP contribution in [0.1, 0.15) is 41.3 Å². The highest BCUT2D eigenvalue weighted by molar-refractivity contribution is 5.83. The van der Waals surface area contributed by atoms with Gasteiger partial charge < -0.3 is 15.7 Å². The number of H-pyrrole nitrogens is 2. The van der Waals surface area contributed by atoms with Crippen LogP contribution in [0, 0.1) is 0 Å². The van der Waals surface area contributed by atoms with Crippen LogP contribution >= 0.6 is 0 Å². The third-order valence-electron chi connectivity index (χ3n) is 7.58. The summed E-state index contributed by atoms with van der Waals surface area (Å²) in [6, 6.07) is 24.8. The summed E-state index contributed by atoms with van der Waals surface area (Å²) in [4.78, 5) is 18.6. The van der Waals surface area contributed by atoms with Gasteiger partial charge in [-0.1, -0.05) is 55.5 Å². The first-order valence-corrected chi connectivity index (χ1v) is 13.8. The summed E-state index contributed by atoms with van der Waals surface area (Å²) in [5.74, 6) is 1.21. The number of aromatic nitrogens is 5. The van der Waals surface area contributed by atoms with Gasteiger partial charge in [0.15, 0.2) is 5.82 Å². The van der Waals surface area contributed by atoms with Crippen LogP contribution in [-0.2, 0) is 30.5 Å². The summed E-state index contributed by atoms with van der Waals surface area (Å²) in [7, 11) is 0. The molecule has 0 saturated carbocycles. The summed E-state index contributed by atoms with van der Waals surface area (Å²) in [6.07, 6.45) is 7.21. The number of carbonyl (C=O) groups excluding carboxylic acids is 1. The second kappa shape index (κ2) is 11.2. The number of primary amides is 1. The Balaban J connectivity index is 1.39. The lowest BCUT2D eigenvalue weighted by Gasteiger charge is -2.20. The molecule has 0 bridgehead atoms. The Morgan fingerprint density at radius 3 is 2.20 bits per heavy atom. The third kappa shape index (κ3) is 5.13. The lowest BCUT2D eigenvalue weighted by Crippen LogP contribution is -2.34. The van der Waals surface area contributed by atoms with Crippen LogP contribution < -0.4 is 11.1 Å². The molecular formula is C32H33N7O. The SMILES string of the molecule is CCc1ccc(-n2c(CCc3c[nH]c4ccccc34)nnc2[C@@H](Cc2c[nH]c3ccccc23)NCC(N)=O)cc1. The van der Waals surface area contributed by atoms with Gasteiger partial charge >= 0.3 is 0 Å². The van der Waals surface area contributed by atoms with Gasteiger partial charge in [0.25, 0.3) is 0 Å². The van der Waals surface area contributed by atoms with E-state index in [0.29, 0.717) is 12.8 Å². The van der Waals surface area contributed by atoms with E-state index < -0.39 is 5.91 Å². The molecule has 3 aromatic carbocycles. The van der Waals surface area contributed by atoms with Crippen LogP contribution in [0.4, 0.5) is 0 Å². The van der Waals surface area contributed by atoms with Crippen molar-refractivity contribution in [1.29, 1.82) is 0 Å². The van der Waals surface area contributed by atoms with Crippen LogP contribution in [0.3, 0.4) is 0 Å². The van der Waals surface area contributed by atoms with Crippen molar-refractivity contribution in [2.45, 2.75) is 38.6 Å². The van der Waals surface area contributed by atoms with Crippen molar-refractivity contribution >= 4 is 27.7 Å². The molecule has 1 amide bonds. The number of nitrogens with one attached hydrogen (secondary N) is 3. The van der Waals surface area contributed by atoms with Gasteiger partial charge in [-0.2, -0.15) is 0 Å². The molecule has 1 atom stereocenters. The number of nitrogens with two attached hydrogens (primary N) is 1. The Labute approximate surface area is 232 Å². The minimum absolute atomic E-state index is 0.0410. The standard InChI is InChI=1S/C32H33N7O/c1-2-21-11-14-24(15-12-21)39-31(16-13-22-18-34-27-9-5-3-7-25(22)27)37-38-32(39)29(36-20-30(33)40)17-23-19-35-28-10-6-4-8-26(23)28/h3-12,14-15,18-19,29,34-36H,2,13,16-17,20H2,1H3,(H2,33,40)/t29-/m1/s1. The van der Waals surface area contributed by atoms with Crippen molar-refractivity contribution in [3.05, 3.63) is 114 Å². The van der Waals surface area contributed by atoms with Crippen molar-refractivity contribution in [3.8, 4) is 5.69 Å². The number of para-hydroxylation sites is 2. The summed E-state index contributed by atoms with van der Waals surface area (Å²) < 4.78 is 2.14. The fourth-order valence-corrected chi connectivity index (χ4v) is 5.46. The van der Waals surface area contributed by atoms with Crippen molar-refractivity contribution < 1.29 is 4.79 Å². The van der Waals surface area contributed by atoms with Gasteiger partial charge in [-0.15, -0.1) is 10.2 Å². The van der Waals surface area contributed by atoms with Crippen LogP contribution in [0.5, 0.6) is 0 Å². The molecule has 0 aliphatic rings. The molecule has 0 saturated heterocycles. The predicted molar refractivity (Wildman–Crippen MR) is 158 cm³/mol. The van der Waals surface area contributed by atoms with Crippen molar-refractivity contribution in [1.82, 2.24) is 30.0 Å². The minimum Gasteiger partial charge on any atom is -0.369 e. The summed E-state index contributed by atoms with van der Waals surface area (Å²) in [5, 5.41) is 15.1. The minimum atomic E-state index is -0.415. The molecular weight excluding hydrogens is 498 g/mol. The highest BCUT2D eigenvalue weighted by Crippen LogP contribution is 2.27. The summed E-state index contributed by atoms with van der Waals surface area (Å²) >= 11 is 0. The Morgan fingerprint density at radius 2 is 1.52 bits per heavy atom. The smallest absolute Gasteiger partial charge is 0.231 e. The number of carbonyl (C=O) groups is 1. The van der Waals surface area contributed by atoms with Gasteiger partial charge in [-0.3, -0.25) is 14.7 Å². The number of rotatable bonds is 11. The lowest BCUT2D eigenvalue weighted by molar-refractivity contribution is -0.117. The molecule has 3 heterocycles. The van der Waals surface area contributed by atoms with Crippen LogP contribution in [0.2, 0.25) is 0 Å².